The first-order valence-corrected chi connectivity index (χ1v) is 4.34. The molecule has 1 rings (SSSR count). The van der Waals surface area contributed by atoms with Crippen molar-refractivity contribution < 1.29 is 0 Å². The molecular weight excluding hydrogens is 172 g/mol. The molecule has 0 bridgehead atoms. The molecule has 1 atom stereocenters. The molecule has 1 aromatic heterocycles. The Hall–Kier alpha value is -0.780. The summed E-state index contributed by atoms with van der Waals surface area (Å²) < 4.78 is 3.83. The summed E-state index contributed by atoms with van der Waals surface area (Å²) >= 11 is 1.35. The van der Waals surface area contributed by atoms with E-state index >= 15 is 0 Å². The van der Waals surface area contributed by atoms with Crippen LogP contribution in [0.15, 0.2) is 12.2 Å². The number of hydrogen-bond donors (Lipinski definition) is 2. The van der Waals surface area contributed by atoms with Crippen molar-refractivity contribution in [1.29, 1.82) is 0 Å². The third-order valence-corrected chi connectivity index (χ3v) is 2.50. The van der Waals surface area contributed by atoms with Gasteiger partial charge in [-0.3, -0.25) is 5.84 Å². The first-order chi connectivity index (χ1) is 5.66. The fraction of sp³-hybridized carbons (Fsp3) is 0.429. The lowest BCUT2D eigenvalue weighted by Gasteiger charge is -2.13. The number of nitrogens with one attached hydrogen (secondary N) is 1. The summed E-state index contributed by atoms with van der Waals surface area (Å²) in [5, 5.41) is 3.90. The van der Waals surface area contributed by atoms with Crippen LogP contribution in [0.4, 0.5) is 0 Å². The molecule has 1 unspecified atom stereocenters. The van der Waals surface area contributed by atoms with E-state index in [1.807, 2.05) is 13.8 Å². The molecule has 0 amide bonds. The van der Waals surface area contributed by atoms with Crippen molar-refractivity contribution in [2.45, 2.75) is 19.9 Å². The third kappa shape index (κ3) is 1.69. The minimum atomic E-state index is -0.0231. The van der Waals surface area contributed by atoms with Crippen LogP contribution in [-0.2, 0) is 0 Å². The van der Waals surface area contributed by atoms with Crippen molar-refractivity contribution >= 4 is 11.5 Å². The normalized spacial score (nSPS) is 12.9. The Bertz CT molecular complexity index is 281. The van der Waals surface area contributed by atoms with E-state index in [0.717, 1.165) is 16.1 Å². The fourth-order valence-electron chi connectivity index (χ4n) is 0.944. The molecule has 4 nitrogen and oxygen atoms in total. The maximum absolute atomic E-state index is 5.37. The molecule has 3 N–H and O–H groups in total. The predicted octanol–water partition coefficient (Wildman–Crippen LogP) is 0.927. The van der Waals surface area contributed by atoms with Gasteiger partial charge in [-0.15, -0.1) is 5.10 Å². The van der Waals surface area contributed by atoms with E-state index in [2.05, 4.69) is 21.6 Å². The van der Waals surface area contributed by atoms with Crippen LogP contribution in [-0.4, -0.2) is 9.59 Å². The van der Waals surface area contributed by atoms with Gasteiger partial charge in [0.05, 0.1) is 16.6 Å². The van der Waals surface area contributed by atoms with Crippen molar-refractivity contribution in [3.8, 4) is 0 Å². The number of aromatic nitrogens is 2. The van der Waals surface area contributed by atoms with Crippen LogP contribution in [0.5, 0.6) is 0 Å². The minimum absolute atomic E-state index is 0.0231. The first-order valence-electron chi connectivity index (χ1n) is 3.57. The molecule has 0 aliphatic heterocycles. The highest BCUT2D eigenvalue weighted by Crippen LogP contribution is 2.23. The second kappa shape index (κ2) is 3.75. The lowest BCUT2D eigenvalue weighted by molar-refractivity contribution is 0.632. The van der Waals surface area contributed by atoms with E-state index in [4.69, 9.17) is 5.84 Å². The van der Waals surface area contributed by atoms with Crippen molar-refractivity contribution in [1.82, 2.24) is 15.0 Å². The Morgan fingerprint density at radius 3 is 2.75 bits per heavy atom. The molecule has 0 aromatic carbocycles. The highest BCUT2D eigenvalue weighted by atomic mass is 32.1. The highest BCUT2D eigenvalue weighted by molar-refractivity contribution is 7.05. The molecule has 66 valence electrons. The summed E-state index contributed by atoms with van der Waals surface area (Å²) in [6, 6.07) is -0.0231. The number of aryl methyl sites for hydroxylation is 1. The second-order valence-corrected chi connectivity index (χ2v) is 3.45. The lowest BCUT2D eigenvalue weighted by atomic mass is 10.1. The first kappa shape index (κ1) is 9.31. The molecule has 5 heteroatoms. The van der Waals surface area contributed by atoms with Gasteiger partial charge < -0.3 is 0 Å². The van der Waals surface area contributed by atoms with Gasteiger partial charge in [-0.2, -0.15) is 0 Å². The summed E-state index contributed by atoms with van der Waals surface area (Å²) in [6.07, 6.45) is 0. The molecule has 0 saturated carbocycles. The van der Waals surface area contributed by atoms with Gasteiger partial charge >= 0.3 is 0 Å². The number of hydrogen-bond acceptors (Lipinski definition) is 5. The molecule has 12 heavy (non-hydrogen) atoms. The zero-order chi connectivity index (χ0) is 9.14. The molecule has 1 heterocycles. The number of nitrogens with two attached hydrogens (primary N) is 1. The van der Waals surface area contributed by atoms with Gasteiger partial charge in [-0.25, -0.2) is 5.43 Å². The molecule has 1 aromatic rings. The van der Waals surface area contributed by atoms with Crippen molar-refractivity contribution in [3.63, 3.8) is 0 Å². The topological polar surface area (TPSA) is 63.8 Å². The zero-order valence-electron chi connectivity index (χ0n) is 7.16. The molecule has 0 aliphatic rings. The fourth-order valence-corrected chi connectivity index (χ4v) is 1.74. The van der Waals surface area contributed by atoms with E-state index in [1.165, 1.54) is 11.5 Å². The van der Waals surface area contributed by atoms with Gasteiger partial charge in [0.25, 0.3) is 0 Å². The average molecular weight is 184 g/mol. The SMILES string of the molecule is C=C(C)C(NN)c1snnc1C. The Labute approximate surface area is 75.6 Å². The Balaban J connectivity index is 2.94. The molecule has 0 fully saturated rings. The second-order valence-electron chi connectivity index (χ2n) is 2.67. The zero-order valence-corrected chi connectivity index (χ0v) is 7.98. The van der Waals surface area contributed by atoms with E-state index in [9.17, 15) is 0 Å². The Morgan fingerprint density at radius 1 is 1.75 bits per heavy atom. The summed E-state index contributed by atoms with van der Waals surface area (Å²) in [4.78, 5) is 1.03. The lowest BCUT2D eigenvalue weighted by Crippen LogP contribution is -2.28. The average Bonchev–Trinajstić information content (AvgIpc) is 2.38. The van der Waals surface area contributed by atoms with Crippen molar-refractivity contribution in [3.05, 3.63) is 22.7 Å². The van der Waals surface area contributed by atoms with Crippen LogP contribution in [0, 0.1) is 6.92 Å². The summed E-state index contributed by atoms with van der Waals surface area (Å²) in [5.74, 6) is 5.37. The maximum Gasteiger partial charge on any atom is 0.0792 e. The Morgan fingerprint density at radius 2 is 2.42 bits per heavy atom. The number of nitrogens with zero attached hydrogens (tertiary/aromatic N) is 2. The van der Waals surface area contributed by atoms with E-state index in [1.54, 1.807) is 0 Å². The van der Waals surface area contributed by atoms with Crippen LogP contribution in [0.3, 0.4) is 0 Å². The van der Waals surface area contributed by atoms with E-state index in [-0.39, 0.29) is 6.04 Å². The smallest absolute Gasteiger partial charge is 0.0792 e. The van der Waals surface area contributed by atoms with Gasteiger partial charge in [-0.1, -0.05) is 16.6 Å². The highest BCUT2D eigenvalue weighted by Gasteiger charge is 2.15. The largest absolute Gasteiger partial charge is 0.271 e. The van der Waals surface area contributed by atoms with Crippen LogP contribution in [0.25, 0.3) is 0 Å². The van der Waals surface area contributed by atoms with E-state index in [0.29, 0.717) is 0 Å². The number of rotatable bonds is 3. The quantitative estimate of drug-likeness (QED) is 0.416. The molecule has 0 saturated heterocycles. The standard InChI is InChI=1S/C7H12N4S/c1-4(2)6(9-8)7-5(3)10-11-12-7/h6,9H,1,8H2,2-3H3. The van der Waals surface area contributed by atoms with E-state index < -0.39 is 0 Å². The molecular formula is C7H12N4S. The monoisotopic (exact) mass is 184 g/mol. The minimum Gasteiger partial charge on any atom is -0.271 e. The van der Waals surface area contributed by atoms with Gasteiger partial charge in [0.1, 0.15) is 0 Å². The third-order valence-electron chi connectivity index (χ3n) is 1.61. The molecule has 0 radical (unpaired) electrons. The van der Waals surface area contributed by atoms with Gasteiger partial charge in [0, 0.05) is 0 Å². The van der Waals surface area contributed by atoms with Crippen LogP contribution < -0.4 is 11.3 Å². The van der Waals surface area contributed by atoms with Gasteiger partial charge in [0.2, 0.25) is 0 Å². The van der Waals surface area contributed by atoms with Gasteiger partial charge in [0.15, 0.2) is 0 Å². The van der Waals surface area contributed by atoms with Crippen molar-refractivity contribution in [2.24, 2.45) is 5.84 Å². The van der Waals surface area contributed by atoms with Crippen LogP contribution >= 0.6 is 11.5 Å². The molecule has 0 spiro atoms. The maximum atomic E-state index is 5.37. The van der Waals surface area contributed by atoms with Crippen LogP contribution in [0.2, 0.25) is 0 Å². The van der Waals surface area contributed by atoms with Crippen molar-refractivity contribution in [2.75, 3.05) is 0 Å². The number of hydrazine groups is 1. The van der Waals surface area contributed by atoms with Crippen LogP contribution in [0.1, 0.15) is 23.5 Å². The Kier molecular flexibility index (Phi) is 2.91. The summed E-state index contributed by atoms with van der Waals surface area (Å²) in [6.45, 7) is 7.66. The summed E-state index contributed by atoms with van der Waals surface area (Å²) in [7, 11) is 0. The predicted molar refractivity (Wildman–Crippen MR) is 49.5 cm³/mol. The summed E-state index contributed by atoms with van der Waals surface area (Å²) in [5.41, 5.74) is 4.55. The molecule has 0 aliphatic carbocycles. The van der Waals surface area contributed by atoms with Gasteiger partial charge in [-0.05, 0) is 25.4 Å².